The summed E-state index contributed by atoms with van der Waals surface area (Å²) < 4.78 is 4.98. The van der Waals surface area contributed by atoms with Gasteiger partial charge in [0.05, 0.1) is 12.7 Å². The molecule has 2 atom stereocenters. The van der Waals surface area contributed by atoms with Crippen molar-refractivity contribution in [3.05, 3.63) is 52.4 Å². The van der Waals surface area contributed by atoms with Crippen LogP contribution in [0.25, 0.3) is 0 Å². The van der Waals surface area contributed by atoms with E-state index in [1.54, 1.807) is 11.3 Å². The second-order valence-corrected chi connectivity index (χ2v) is 10.4. The number of thiophene rings is 1. The number of carbonyl (C=O) groups excluding carboxylic acids is 1. The van der Waals surface area contributed by atoms with Crippen LogP contribution in [-0.2, 0) is 11.2 Å². The number of hydrogen-bond acceptors (Lipinski definition) is 4. The Bertz CT molecular complexity index is 861. The number of thiocarbonyl (C=S) groups is 1. The van der Waals surface area contributed by atoms with Crippen molar-refractivity contribution in [3.63, 3.8) is 0 Å². The van der Waals surface area contributed by atoms with E-state index in [1.165, 1.54) is 19.1 Å². The number of hydrogen-bond donors (Lipinski definition) is 2. The third-order valence-corrected chi connectivity index (χ3v) is 6.63. The van der Waals surface area contributed by atoms with E-state index in [0.29, 0.717) is 28.1 Å². The van der Waals surface area contributed by atoms with Gasteiger partial charge in [-0.3, -0.25) is 0 Å². The first kappa shape index (κ1) is 21.8. The summed E-state index contributed by atoms with van der Waals surface area (Å²) in [5, 5.41) is 8.04. The highest BCUT2D eigenvalue weighted by Gasteiger charge is 2.32. The Labute approximate surface area is 183 Å². The molecule has 1 heterocycles. The van der Waals surface area contributed by atoms with Crippen LogP contribution in [0, 0.1) is 11.3 Å². The lowest BCUT2D eigenvalue weighted by Gasteiger charge is -2.39. The zero-order chi connectivity index (χ0) is 21.0. The van der Waals surface area contributed by atoms with Crippen LogP contribution in [0.2, 0.25) is 0 Å². The fourth-order valence-corrected chi connectivity index (χ4v) is 5.88. The highest BCUT2D eigenvalue weighted by Crippen LogP contribution is 2.38. The van der Waals surface area contributed by atoms with E-state index >= 15 is 0 Å². The largest absolute Gasteiger partial charge is 0.465 e. The minimum absolute atomic E-state index is 0.313. The van der Waals surface area contributed by atoms with E-state index in [2.05, 4.69) is 43.5 Å². The average Bonchev–Trinajstić information content (AvgIpc) is 3.02. The smallest absolute Gasteiger partial charge is 0.340 e. The van der Waals surface area contributed by atoms with E-state index in [4.69, 9.17) is 17.0 Å². The summed E-state index contributed by atoms with van der Waals surface area (Å²) in [7, 11) is 1.41. The molecule has 1 aromatic heterocycles. The molecule has 0 saturated heterocycles. The van der Waals surface area contributed by atoms with Crippen LogP contribution >= 0.6 is 23.6 Å². The lowest BCUT2D eigenvalue weighted by atomic mass is 9.71. The maximum absolute atomic E-state index is 12.3. The molecule has 1 saturated carbocycles. The summed E-state index contributed by atoms with van der Waals surface area (Å²) in [5.41, 5.74) is 2.05. The normalized spacial score (nSPS) is 20.7. The van der Waals surface area contributed by atoms with Gasteiger partial charge < -0.3 is 15.4 Å². The van der Waals surface area contributed by atoms with Gasteiger partial charge in [0.15, 0.2) is 5.11 Å². The van der Waals surface area contributed by atoms with Crippen molar-refractivity contribution >= 4 is 39.6 Å². The van der Waals surface area contributed by atoms with Crippen LogP contribution in [0.3, 0.4) is 0 Å². The van der Waals surface area contributed by atoms with Gasteiger partial charge in [0.25, 0.3) is 0 Å². The van der Waals surface area contributed by atoms with Gasteiger partial charge in [-0.25, -0.2) is 4.79 Å². The fourth-order valence-electron chi connectivity index (χ4n) is 4.46. The number of benzene rings is 1. The van der Waals surface area contributed by atoms with Gasteiger partial charge in [-0.2, -0.15) is 0 Å². The Morgan fingerprint density at radius 1 is 1.28 bits per heavy atom. The summed E-state index contributed by atoms with van der Waals surface area (Å²) in [6, 6.07) is 12.5. The van der Waals surface area contributed by atoms with E-state index in [9.17, 15) is 4.79 Å². The first-order chi connectivity index (χ1) is 13.8. The topological polar surface area (TPSA) is 50.4 Å². The summed E-state index contributed by atoms with van der Waals surface area (Å²) in [6.07, 6.45) is 4.21. The highest BCUT2D eigenvalue weighted by atomic mass is 32.1. The van der Waals surface area contributed by atoms with Gasteiger partial charge in [-0.15, -0.1) is 11.3 Å². The van der Waals surface area contributed by atoms with Crippen LogP contribution in [0.1, 0.15) is 60.8 Å². The fraction of sp³-hybridized carbons (Fsp3) is 0.478. The number of esters is 1. The van der Waals surface area contributed by atoms with Crippen molar-refractivity contribution in [2.75, 3.05) is 12.4 Å². The lowest BCUT2D eigenvalue weighted by molar-refractivity contribution is 0.0602. The Hall–Kier alpha value is -1.92. The highest BCUT2D eigenvalue weighted by molar-refractivity contribution is 7.80. The molecule has 1 aromatic carbocycles. The third-order valence-electron chi connectivity index (χ3n) is 5.36. The minimum Gasteiger partial charge on any atom is -0.465 e. The van der Waals surface area contributed by atoms with E-state index in [0.717, 1.165) is 29.1 Å². The third kappa shape index (κ3) is 6.03. The van der Waals surface area contributed by atoms with E-state index in [-0.39, 0.29) is 5.97 Å². The molecule has 29 heavy (non-hydrogen) atoms. The summed E-state index contributed by atoms with van der Waals surface area (Å²) in [6.45, 7) is 6.94. The van der Waals surface area contributed by atoms with Crippen molar-refractivity contribution in [2.24, 2.45) is 11.3 Å². The Balaban J connectivity index is 1.71. The molecular weight excluding hydrogens is 400 g/mol. The van der Waals surface area contributed by atoms with Gasteiger partial charge in [0, 0.05) is 17.3 Å². The van der Waals surface area contributed by atoms with Gasteiger partial charge in [-0.1, -0.05) is 51.1 Å². The zero-order valence-corrected chi connectivity index (χ0v) is 19.2. The van der Waals surface area contributed by atoms with Gasteiger partial charge in [0.2, 0.25) is 0 Å². The van der Waals surface area contributed by atoms with Gasteiger partial charge >= 0.3 is 5.97 Å². The SMILES string of the molecule is COC(=O)c1cc(Cc2ccccc2)sc1NC(=S)NC1CC(C)CC(C)(C)C1. The number of carbonyl (C=O) groups is 1. The Kier molecular flexibility index (Phi) is 6.96. The molecule has 2 unspecified atom stereocenters. The first-order valence-electron chi connectivity index (χ1n) is 10.1. The second kappa shape index (κ2) is 9.26. The Morgan fingerprint density at radius 3 is 2.66 bits per heavy atom. The van der Waals surface area contributed by atoms with Crippen molar-refractivity contribution < 1.29 is 9.53 Å². The van der Waals surface area contributed by atoms with Crippen molar-refractivity contribution in [1.29, 1.82) is 0 Å². The molecule has 1 fully saturated rings. The molecule has 0 aliphatic heterocycles. The lowest BCUT2D eigenvalue weighted by Crippen LogP contribution is -2.44. The van der Waals surface area contributed by atoms with E-state index in [1.807, 2.05) is 24.3 Å². The molecule has 4 nitrogen and oxygen atoms in total. The molecule has 0 radical (unpaired) electrons. The molecule has 6 heteroatoms. The summed E-state index contributed by atoms with van der Waals surface area (Å²) in [5.74, 6) is 0.321. The average molecular weight is 431 g/mol. The second-order valence-electron chi connectivity index (χ2n) is 8.82. The first-order valence-corrected chi connectivity index (χ1v) is 11.3. The number of rotatable bonds is 5. The van der Waals surface area contributed by atoms with E-state index < -0.39 is 0 Å². The molecule has 1 aliphatic rings. The number of ether oxygens (including phenoxy) is 1. The molecule has 1 aliphatic carbocycles. The maximum Gasteiger partial charge on any atom is 0.340 e. The summed E-state index contributed by atoms with van der Waals surface area (Å²) in [4.78, 5) is 13.4. The number of methoxy groups -OCH3 is 1. The standard InChI is InChI=1S/C23H30N2O2S2/c1-15-10-17(14-23(2,3)13-15)24-22(28)25-20-19(21(26)27-4)12-18(29-20)11-16-8-6-5-7-9-16/h5-9,12,15,17H,10-11,13-14H2,1-4H3,(H2,24,25,28). The Morgan fingerprint density at radius 2 is 2.00 bits per heavy atom. The van der Waals surface area contributed by atoms with Crippen LogP contribution in [0.15, 0.2) is 36.4 Å². The number of anilines is 1. The molecular formula is C23H30N2O2S2. The van der Waals surface area contributed by atoms with Crippen LogP contribution < -0.4 is 10.6 Å². The molecule has 156 valence electrons. The van der Waals surface area contributed by atoms with Crippen molar-refractivity contribution in [3.8, 4) is 0 Å². The predicted molar refractivity (Wildman–Crippen MR) is 125 cm³/mol. The van der Waals surface area contributed by atoms with Gasteiger partial charge in [0.1, 0.15) is 5.00 Å². The zero-order valence-electron chi connectivity index (χ0n) is 17.6. The molecule has 0 amide bonds. The number of nitrogens with one attached hydrogen (secondary N) is 2. The molecule has 3 rings (SSSR count). The van der Waals surface area contributed by atoms with Crippen LogP contribution in [-0.4, -0.2) is 24.2 Å². The monoisotopic (exact) mass is 430 g/mol. The molecule has 0 bridgehead atoms. The minimum atomic E-state index is -0.349. The molecule has 2 N–H and O–H groups in total. The van der Waals surface area contributed by atoms with Crippen LogP contribution in [0.4, 0.5) is 5.00 Å². The molecule has 0 spiro atoms. The quantitative estimate of drug-likeness (QED) is 0.476. The van der Waals surface area contributed by atoms with Crippen molar-refractivity contribution in [2.45, 2.75) is 52.5 Å². The van der Waals surface area contributed by atoms with Gasteiger partial charge in [-0.05, 0) is 54.4 Å². The molecule has 2 aromatic rings. The van der Waals surface area contributed by atoms with Crippen molar-refractivity contribution in [1.82, 2.24) is 5.32 Å². The predicted octanol–water partition coefficient (Wildman–Crippen LogP) is 5.63. The summed E-state index contributed by atoms with van der Waals surface area (Å²) >= 11 is 7.13. The maximum atomic E-state index is 12.3. The van der Waals surface area contributed by atoms with Crippen LogP contribution in [0.5, 0.6) is 0 Å².